The van der Waals surface area contributed by atoms with Crippen molar-refractivity contribution < 1.29 is 4.74 Å². The second-order valence-electron chi connectivity index (χ2n) is 7.67. The van der Waals surface area contributed by atoms with Crippen LogP contribution in [0.1, 0.15) is 24.0 Å². The SMILES string of the molecule is Cc1ccc2cc(CN(C[C@H]3CCCO3)C(=S)Nc3cccc(Cl)c3)c(=O)[nH]c2c1. The number of hydrogen-bond donors (Lipinski definition) is 2. The minimum atomic E-state index is -0.101. The molecule has 1 aliphatic heterocycles. The van der Waals surface area contributed by atoms with E-state index in [1.807, 2.05) is 60.4 Å². The molecular weight excluding hydrogens is 418 g/mol. The van der Waals surface area contributed by atoms with Crippen molar-refractivity contribution in [3.8, 4) is 0 Å². The molecule has 0 radical (unpaired) electrons. The summed E-state index contributed by atoms with van der Waals surface area (Å²) in [5, 5.41) is 5.42. The molecule has 5 nitrogen and oxygen atoms in total. The highest BCUT2D eigenvalue weighted by Gasteiger charge is 2.22. The molecule has 1 saturated heterocycles. The number of H-pyrrole nitrogens is 1. The summed E-state index contributed by atoms with van der Waals surface area (Å²) in [7, 11) is 0. The van der Waals surface area contributed by atoms with Gasteiger partial charge in [0.2, 0.25) is 0 Å². The second kappa shape index (κ2) is 9.16. The van der Waals surface area contributed by atoms with E-state index in [-0.39, 0.29) is 11.7 Å². The van der Waals surface area contributed by atoms with E-state index in [2.05, 4.69) is 10.3 Å². The lowest BCUT2D eigenvalue weighted by Gasteiger charge is -2.28. The summed E-state index contributed by atoms with van der Waals surface area (Å²) in [5.41, 5.74) is 3.33. The van der Waals surface area contributed by atoms with Crippen molar-refractivity contribution in [1.29, 1.82) is 0 Å². The highest BCUT2D eigenvalue weighted by molar-refractivity contribution is 7.80. The molecule has 1 aromatic heterocycles. The third kappa shape index (κ3) is 5.01. The van der Waals surface area contributed by atoms with E-state index in [0.717, 1.165) is 41.6 Å². The summed E-state index contributed by atoms with van der Waals surface area (Å²) in [6.07, 6.45) is 2.14. The van der Waals surface area contributed by atoms with Crippen LogP contribution >= 0.6 is 23.8 Å². The molecule has 0 aliphatic carbocycles. The van der Waals surface area contributed by atoms with Crippen LogP contribution < -0.4 is 10.9 Å². The van der Waals surface area contributed by atoms with Gasteiger partial charge in [0.15, 0.2) is 5.11 Å². The first-order chi connectivity index (χ1) is 14.5. The number of hydrogen-bond acceptors (Lipinski definition) is 3. The average molecular weight is 442 g/mol. The van der Waals surface area contributed by atoms with Crippen LogP contribution in [-0.2, 0) is 11.3 Å². The van der Waals surface area contributed by atoms with E-state index in [9.17, 15) is 4.79 Å². The average Bonchev–Trinajstić information content (AvgIpc) is 3.21. The number of thiocarbonyl (C=S) groups is 1. The van der Waals surface area contributed by atoms with Crippen molar-refractivity contribution in [1.82, 2.24) is 9.88 Å². The van der Waals surface area contributed by atoms with Crippen LogP contribution in [0.5, 0.6) is 0 Å². The van der Waals surface area contributed by atoms with E-state index >= 15 is 0 Å². The van der Waals surface area contributed by atoms with Gasteiger partial charge in [0.25, 0.3) is 5.56 Å². The zero-order valence-electron chi connectivity index (χ0n) is 16.8. The Morgan fingerprint density at radius 1 is 1.30 bits per heavy atom. The summed E-state index contributed by atoms with van der Waals surface area (Å²) in [6.45, 7) is 3.79. The Kier molecular flexibility index (Phi) is 6.37. The van der Waals surface area contributed by atoms with Gasteiger partial charge in [0.05, 0.1) is 12.6 Å². The fourth-order valence-electron chi connectivity index (χ4n) is 3.71. The smallest absolute Gasteiger partial charge is 0.253 e. The van der Waals surface area contributed by atoms with Gasteiger partial charge in [0, 0.05) is 34.9 Å². The highest BCUT2D eigenvalue weighted by Crippen LogP contribution is 2.19. The number of fused-ring (bicyclic) bond motifs is 1. The minimum Gasteiger partial charge on any atom is -0.376 e. The Bertz CT molecular complexity index is 1120. The number of aromatic nitrogens is 1. The van der Waals surface area contributed by atoms with Crippen LogP contribution in [0.3, 0.4) is 0 Å². The first kappa shape index (κ1) is 20.8. The van der Waals surface area contributed by atoms with E-state index in [1.165, 1.54) is 0 Å². The molecule has 4 rings (SSSR count). The number of aryl methyl sites for hydroxylation is 1. The molecule has 7 heteroatoms. The number of benzene rings is 2. The molecular formula is C23H24ClN3O2S. The van der Waals surface area contributed by atoms with Crippen LogP contribution in [0.25, 0.3) is 10.9 Å². The Balaban J connectivity index is 1.59. The van der Waals surface area contributed by atoms with Gasteiger partial charge < -0.3 is 19.9 Å². The van der Waals surface area contributed by atoms with Crippen molar-refractivity contribution >= 4 is 45.5 Å². The molecule has 0 amide bonds. The summed E-state index contributed by atoms with van der Waals surface area (Å²) < 4.78 is 5.82. The molecule has 1 aliphatic rings. The van der Waals surface area contributed by atoms with E-state index < -0.39 is 0 Å². The van der Waals surface area contributed by atoms with Crippen molar-refractivity contribution in [2.75, 3.05) is 18.5 Å². The molecule has 0 saturated carbocycles. The molecule has 1 fully saturated rings. The highest BCUT2D eigenvalue weighted by atomic mass is 35.5. The van der Waals surface area contributed by atoms with Gasteiger partial charge in [-0.2, -0.15) is 0 Å². The summed E-state index contributed by atoms with van der Waals surface area (Å²) in [4.78, 5) is 17.7. The first-order valence-electron chi connectivity index (χ1n) is 10.0. The van der Waals surface area contributed by atoms with Crippen LogP contribution in [0.15, 0.2) is 53.3 Å². The predicted octanol–water partition coefficient (Wildman–Crippen LogP) is 4.87. The molecule has 0 unspecified atom stereocenters. The lowest BCUT2D eigenvalue weighted by Crippen LogP contribution is -2.40. The maximum absolute atomic E-state index is 12.7. The number of aromatic amines is 1. The lowest BCUT2D eigenvalue weighted by atomic mass is 10.1. The number of anilines is 1. The number of halogens is 1. The summed E-state index contributed by atoms with van der Waals surface area (Å²) in [5.74, 6) is 0. The largest absolute Gasteiger partial charge is 0.376 e. The predicted molar refractivity (Wildman–Crippen MR) is 126 cm³/mol. The van der Waals surface area contributed by atoms with Gasteiger partial charge in [-0.1, -0.05) is 29.8 Å². The zero-order valence-corrected chi connectivity index (χ0v) is 18.4. The lowest BCUT2D eigenvalue weighted by molar-refractivity contribution is 0.0904. The minimum absolute atomic E-state index is 0.101. The Morgan fingerprint density at radius 3 is 2.93 bits per heavy atom. The van der Waals surface area contributed by atoms with Gasteiger partial charge in [-0.05, 0) is 73.3 Å². The Morgan fingerprint density at radius 2 is 2.17 bits per heavy atom. The monoisotopic (exact) mass is 441 g/mol. The first-order valence-corrected chi connectivity index (χ1v) is 10.8. The van der Waals surface area contributed by atoms with Crippen LogP contribution in [0.2, 0.25) is 5.02 Å². The maximum atomic E-state index is 12.7. The van der Waals surface area contributed by atoms with Crippen molar-refractivity contribution in [3.05, 3.63) is 75.0 Å². The second-order valence-corrected chi connectivity index (χ2v) is 8.49. The molecule has 3 aromatic rings. The normalized spacial score (nSPS) is 16.0. The van der Waals surface area contributed by atoms with E-state index in [1.54, 1.807) is 0 Å². The van der Waals surface area contributed by atoms with Crippen molar-refractivity contribution in [2.45, 2.75) is 32.4 Å². The standard InChI is InChI=1S/C23H24ClN3O2S/c1-15-7-8-16-11-17(22(28)26-21(16)10-15)13-27(14-20-6-3-9-29-20)23(30)25-19-5-2-4-18(24)12-19/h2,4-5,7-8,10-12,20H,3,6,9,13-14H2,1H3,(H,25,30)(H,26,28)/t20-/m1/s1. The molecule has 30 heavy (non-hydrogen) atoms. The van der Waals surface area contributed by atoms with Crippen molar-refractivity contribution in [2.24, 2.45) is 0 Å². The molecule has 1 atom stereocenters. The van der Waals surface area contributed by atoms with Gasteiger partial charge in [-0.15, -0.1) is 0 Å². The molecule has 156 valence electrons. The van der Waals surface area contributed by atoms with Crippen LogP contribution in [0, 0.1) is 6.92 Å². The fourth-order valence-corrected chi connectivity index (χ4v) is 4.15. The third-order valence-corrected chi connectivity index (χ3v) is 5.85. The number of pyridine rings is 1. The number of nitrogens with one attached hydrogen (secondary N) is 2. The Hall–Kier alpha value is -2.41. The third-order valence-electron chi connectivity index (χ3n) is 5.25. The number of nitrogens with zero attached hydrogens (tertiary/aromatic N) is 1. The fraction of sp³-hybridized carbons (Fsp3) is 0.304. The van der Waals surface area contributed by atoms with E-state index in [4.69, 9.17) is 28.6 Å². The van der Waals surface area contributed by atoms with E-state index in [0.29, 0.717) is 28.8 Å². The molecule has 0 bridgehead atoms. The van der Waals surface area contributed by atoms with Gasteiger partial charge in [-0.3, -0.25) is 4.79 Å². The number of ether oxygens (including phenoxy) is 1. The van der Waals surface area contributed by atoms with Gasteiger partial charge in [-0.25, -0.2) is 0 Å². The van der Waals surface area contributed by atoms with Crippen molar-refractivity contribution in [3.63, 3.8) is 0 Å². The molecule has 2 heterocycles. The quantitative estimate of drug-likeness (QED) is 0.553. The maximum Gasteiger partial charge on any atom is 0.253 e. The molecule has 2 aromatic carbocycles. The topological polar surface area (TPSA) is 57.4 Å². The Labute approximate surface area is 186 Å². The molecule has 0 spiro atoms. The van der Waals surface area contributed by atoms with Gasteiger partial charge in [0.1, 0.15) is 0 Å². The summed E-state index contributed by atoms with van der Waals surface area (Å²) >= 11 is 11.8. The van der Waals surface area contributed by atoms with Gasteiger partial charge >= 0.3 is 0 Å². The zero-order chi connectivity index (χ0) is 21.1. The van der Waals surface area contributed by atoms with Crippen LogP contribution in [-0.4, -0.2) is 34.3 Å². The number of rotatable bonds is 5. The van der Waals surface area contributed by atoms with Crippen LogP contribution in [0.4, 0.5) is 5.69 Å². The molecule has 2 N–H and O–H groups in total. The summed E-state index contributed by atoms with van der Waals surface area (Å²) in [6, 6.07) is 15.4.